The number of esters is 1. The maximum Gasteiger partial charge on any atom is 0.422 e. The minimum atomic E-state index is -4.89. The summed E-state index contributed by atoms with van der Waals surface area (Å²) in [6, 6.07) is 23.2. The van der Waals surface area contributed by atoms with Gasteiger partial charge in [-0.1, -0.05) is 93.8 Å². The summed E-state index contributed by atoms with van der Waals surface area (Å²) in [4.78, 5) is 24.7. The number of alkyl halides is 3. The number of carbonyl (C=O) groups is 1. The zero-order valence-electron chi connectivity index (χ0n) is 37.1. The van der Waals surface area contributed by atoms with Crippen molar-refractivity contribution >= 4 is 28.3 Å². The Bertz CT molecular complexity index is 2330. The molecular formula is C52H58F3NO8S. The number of halogens is 3. The fraction of sp³-hybridized carbons (Fsp3) is 0.442. The van der Waals surface area contributed by atoms with Crippen LogP contribution in [-0.4, -0.2) is 42.0 Å². The molecule has 13 heteroatoms. The number of phenols is 1. The van der Waals surface area contributed by atoms with Crippen LogP contribution in [0.25, 0.3) is 16.0 Å². The fourth-order valence-corrected chi connectivity index (χ4v) is 10.9. The first kappa shape index (κ1) is 47.5. The van der Waals surface area contributed by atoms with E-state index in [0.717, 1.165) is 67.7 Å². The highest BCUT2D eigenvalue weighted by atomic mass is 32.2. The minimum Gasteiger partial charge on any atom is -0.504 e. The summed E-state index contributed by atoms with van der Waals surface area (Å²) in [5.41, 5.74) is 4.12. The van der Waals surface area contributed by atoms with Crippen LogP contribution < -0.4 is 14.2 Å². The number of hydrogen-bond acceptors (Lipinski definition) is 9. The molecule has 2 fully saturated rings. The van der Waals surface area contributed by atoms with Gasteiger partial charge in [0.05, 0.1) is 16.4 Å². The minimum absolute atomic E-state index is 0.0456. The Morgan fingerprint density at radius 1 is 0.785 bits per heavy atom. The molecule has 0 radical (unpaired) electrons. The first-order chi connectivity index (χ1) is 31.3. The molecule has 2 aliphatic carbocycles. The third-order valence-electron chi connectivity index (χ3n) is 13.3. The second-order valence-electron chi connectivity index (χ2n) is 17.5. The number of rotatable bonds is 18. The van der Waals surface area contributed by atoms with Crippen molar-refractivity contribution in [3.05, 3.63) is 123 Å². The topological polar surface area (TPSA) is 117 Å². The number of non-ortho nitro benzene ring substituents is 1. The van der Waals surface area contributed by atoms with Gasteiger partial charge in [-0.15, -0.1) is 0 Å². The Labute approximate surface area is 383 Å². The number of ether oxygens (including phenoxy) is 4. The third kappa shape index (κ3) is 12.1. The van der Waals surface area contributed by atoms with Crippen LogP contribution in [0, 0.1) is 33.8 Å². The van der Waals surface area contributed by atoms with Crippen molar-refractivity contribution in [2.45, 2.75) is 109 Å². The molecular weight excluding hydrogens is 856 g/mol. The first-order valence-corrected chi connectivity index (χ1v) is 23.7. The highest BCUT2D eigenvalue weighted by molar-refractivity contribution is 8.08. The van der Waals surface area contributed by atoms with Gasteiger partial charge in [0.2, 0.25) is 0 Å². The Hall–Kier alpha value is -5.43. The SMILES string of the molecule is C=C(C(=O)OCCOc1cc(-c2ccc(COc3ccc(OCC4CCC(C5CCC(CCC)CC5)CC4)c4c3SC(c3ccc([N+](=O)[O-])cc3)=C(CC)C4)cc2)ccc1O)C(F)(F)F. The van der Waals surface area contributed by atoms with Gasteiger partial charge in [-0.05, 0) is 134 Å². The predicted octanol–water partition coefficient (Wildman–Crippen LogP) is 13.8. The zero-order chi connectivity index (χ0) is 46.1. The molecule has 65 heavy (non-hydrogen) atoms. The molecule has 9 nitrogen and oxygen atoms in total. The van der Waals surface area contributed by atoms with Crippen LogP contribution in [0.1, 0.15) is 101 Å². The molecule has 0 atom stereocenters. The lowest BCUT2D eigenvalue weighted by Gasteiger charge is -2.38. The summed E-state index contributed by atoms with van der Waals surface area (Å²) in [7, 11) is 0. The number of nitro groups is 1. The van der Waals surface area contributed by atoms with E-state index >= 15 is 0 Å². The van der Waals surface area contributed by atoms with Gasteiger partial charge in [-0.2, -0.15) is 13.2 Å². The molecule has 0 saturated heterocycles. The number of fused-ring (bicyclic) bond motifs is 1. The van der Waals surface area contributed by atoms with Crippen molar-refractivity contribution in [1.29, 1.82) is 0 Å². The highest BCUT2D eigenvalue weighted by Gasteiger charge is 2.38. The molecule has 0 amide bonds. The van der Waals surface area contributed by atoms with Crippen LogP contribution in [-0.2, 0) is 22.6 Å². The summed E-state index contributed by atoms with van der Waals surface area (Å²) in [6.07, 6.45) is 9.88. The summed E-state index contributed by atoms with van der Waals surface area (Å²) < 4.78 is 61.6. The van der Waals surface area contributed by atoms with Gasteiger partial charge >= 0.3 is 12.1 Å². The summed E-state index contributed by atoms with van der Waals surface area (Å²) >= 11 is 1.63. The third-order valence-corrected chi connectivity index (χ3v) is 14.7. The van der Waals surface area contributed by atoms with Crippen LogP contribution in [0.15, 0.2) is 101 Å². The van der Waals surface area contributed by atoms with Crippen molar-refractivity contribution in [2.75, 3.05) is 19.8 Å². The molecule has 0 unspecified atom stereocenters. The highest BCUT2D eigenvalue weighted by Crippen LogP contribution is 2.52. The van der Waals surface area contributed by atoms with Crippen LogP contribution in [0.2, 0.25) is 0 Å². The number of nitrogens with zero attached hydrogens (tertiary/aromatic N) is 1. The van der Waals surface area contributed by atoms with Gasteiger partial charge in [0.15, 0.2) is 11.5 Å². The maximum atomic E-state index is 12.7. The first-order valence-electron chi connectivity index (χ1n) is 22.9. The second kappa shape index (κ2) is 21.7. The lowest BCUT2D eigenvalue weighted by Crippen LogP contribution is -2.27. The van der Waals surface area contributed by atoms with E-state index in [-0.39, 0.29) is 35.3 Å². The number of thioether (sulfide) groups is 1. The summed E-state index contributed by atoms with van der Waals surface area (Å²) in [6.45, 7) is 7.37. The monoisotopic (exact) mass is 913 g/mol. The molecule has 2 saturated carbocycles. The van der Waals surface area contributed by atoms with E-state index in [4.69, 9.17) is 14.2 Å². The van der Waals surface area contributed by atoms with Crippen molar-refractivity contribution in [2.24, 2.45) is 23.7 Å². The molecule has 4 aromatic carbocycles. The molecule has 1 heterocycles. The normalized spacial score (nSPS) is 19.8. The Morgan fingerprint density at radius 3 is 2.05 bits per heavy atom. The van der Waals surface area contributed by atoms with Gasteiger partial charge in [-0.3, -0.25) is 10.1 Å². The van der Waals surface area contributed by atoms with E-state index in [2.05, 4.69) is 25.2 Å². The zero-order valence-corrected chi connectivity index (χ0v) is 37.9. The van der Waals surface area contributed by atoms with Gasteiger partial charge in [0, 0.05) is 22.6 Å². The van der Waals surface area contributed by atoms with Gasteiger partial charge in [-0.25, -0.2) is 4.79 Å². The number of carbonyl (C=O) groups excluding carboxylic acids is 1. The Kier molecular flexibility index (Phi) is 15.9. The Morgan fingerprint density at radius 2 is 1.42 bits per heavy atom. The van der Waals surface area contributed by atoms with Crippen molar-refractivity contribution in [3.8, 4) is 34.1 Å². The van der Waals surface area contributed by atoms with Crippen LogP contribution >= 0.6 is 11.8 Å². The molecule has 1 aliphatic heterocycles. The van der Waals surface area contributed by atoms with Crippen LogP contribution in [0.3, 0.4) is 0 Å². The fourth-order valence-electron chi connectivity index (χ4n) is 9.51. The van der Waals surface area contributed by atoms with Crippen LogP contribution in [0.4, 0.5) is 18.9 Å². The average molecular weight is 914 g/mol. The largest absolute Gasteiger partial charge is 0.504 e. The molecule has 0 spiro atoms. The van der Waals surface area contributed by atoms with Gasteiger partial charge in [0.25, 0.3) is 5.69 Å². The molecule has 346 valence electrons. The van der Waals surface area contributed by atoms with E-state index in [9.17, 15) is 33.2 Å². The maximum absolute atomic E-state index is 12.7. The number of nitro benzene ring substituents is 1. The number of allylic oxidation sites excluding steroid dienone is 1. The van der Waals surface area contributed by atoms with E-state index in [1.54, 1.807) is 36.0 Å². The summed E-state index contributed by atoms with van der Waals surface area (Å²) in [5.74, 6) is 3.10. The molecule has 4 aromatic rings. The predicted molar refractivity (Wildman–Crippen MR) is 247 cm³/mol. The number of benzene rings is 4. The van der Waals surface area contributed by atoms with E-state index in [0.29, 0.717) is 24.5 Å². The van der Waals surface area contributed by atoms with E-state index < -0.39 is 24.3 Å². The molecule has 0 aromatic heterocycles. The van der Waals surface area contributed by atoms with Gasteiger partial charge < -0.3 is 24.1 Å². The standard InChI is InChI=1S/C52H58F3NO8S/c1-4-6-34-7-13-38(14-8-34)39-15-9-35(10-16-39)31-63-46-25-26-47(50-44(46)29-37(5-2)49(65-50)41-19-22-43(23-20-41)56(59)60)64-32-36-11-17-40(18-12-36)42-21-24-45(57)48(30-42)61-27-28-62-51(58)33(3)52(53,54)55/h11-12,17-26,30,34-35,38-39,57H,3-10,13-16,27-29,31-32H2,1-2H3. The Balaban J connectivity index is 1.02. The lowest BCUT2D eigenvalue weighted by molar-refractivity contribution is -0.384. The van der Waals surface area contributed by atoms with Crippen LogP contribution in [0.5, 0.6) is 23.0 Å². The number of phenolic OH excluding ortho intramolecular Hbond substituents is 1. The van der Waals surface area contributed by atoms with E-state index in [1.807, 2.05) is 48.5 Å². The smallest absolute Gasteiger partial charge is 0.422 e. The molecule has 3 aliphatic rings. The van der Waals surface area contributed by atoms with Crippen molar-refractivity contribution in [3.63, 3.8) is 0 Å². The molecule has 0 bridgehead atoms. The quantitative estimate of drug-likeness (QED) is 0.0342. The lowest BCUT2D eigenvalue weighted by atomic mass is 9.69. The van der Waals surface area contributed by atoms with Gasteiger partial charge in [0.1, 0.15) is 36.9 Å². The molecule has 7 rings (SSSR count). The van der Waals surface area contributed by atoms with Crippen molar-refractivity contribution in [1.82, 2.24) is 0 Å². The van der Waals surface area contributed by atoms with Crippen molar-refractivity contribution < 1.29 is 46.9 Å². The number of hydrogen-bond donors (Lipinski definition) is 1. The number of aromatic hydroxyl groups is 1. The second-order valence-corrected chi connectivity index (χ2v) is 18.5. The van der Waals surface area contributed by atoms with E-state index in [1.165, 1.54) is 75.8 Å². The average Bonchev–Trinajstić information content (AvgIpc) is 3.32. The summed E-state index contributed by atoms with van der Waals surface area (Å²) in [5, 5.41) is 21.8. The molecule has 1 N–H and O–H groups in total.